The van der Waals surface area contributed by atoms with Gasteiger partial charge in [0.05, 0.1) is 16.8 Å². The number of urea groups is 1. The summed E-state index contributed by atoms with van der Waals surface area (Å²) in [6, 6.07) is 10.7. The largest absolute Gasteiger partial charge is 0.381 e. The number of halogens is 1. The van der Waals surface area contributed by atoms with Gasteiger partial charge in [-0.25, -0.2) is 4.79 Å². The van der Waals surface area contributed by atoms with Gasteiger partial charge in [0.1, 0.15) is 0 Å². The molecule has 6 heteroatoms. The number of pyridine rings is 1. The summed E-state index contributed by atoms with van der Waals surface area (Å²) in [5.41, 5.74) is 1.59. The van der Waals surface area contributed by atoms with Crippen LogP contribution in [0.5, 0.6) is 0 Å². The van der Waals surface area contributed by atoms with Crippen LogP contribution in [0.1, 0.15) is 24.4 Å². The van der Waals surface area contributed by atoms with Crippen molar-refractivity contribution in [1.29, 1.82) is 0 Å². The maximum absolute atomic E-state index is 12.5. The predicted octanol–water partition coefficient (Wildman–Crippen LogP) is 4.02. The van der Waals surface area contributed by atoms with Crippen LogP contribution < -0.4 is 10.6 Å². The number of anilines is 1. The Morgan fingerprint density at radius 3 is 2.71 bits per heavy atom. The minimum atomic E-state index is -0.275. The van der Waals surface area contributed by atoms with Crippen LogP contribution in [-0.2, 0) is 4.74 Å². The molecule has 2 aromatic rings. The molecule has 2 N–H and O–H groups in total. The molecule has 24 heavy (non-hydrogen) atoms. The Morgan fingerprint density at radius 1 is 1.21 bits per heavy atom. The second-order valence-corrected chi connectivity index (χ2v) is 6.20. The molecule has 1 aromatic carbocycles. The van der Waals surface area contributed by atoms with Crippen molar-refractivity contribution in [3.8, 4) is 0 Å². The average Bonchev–Trinajstić information content (AvgIpc) is 2.63. The number of hydrogen-bond donors (Lipinski definition) is 2. The van der Waals surface area contributed by atoms with Gasteiger partial charge in [-0.2, -0.15) is 0 Å². The zero-order chi connectivity index (χ0) is 16.8. The highest BCUT2D eigenvalue weighted by molar-refractivity contribution is 6.33. The molecule has 0 aliphatic carbocycles. The molecule has 1 fully saturated rings. The van der Waals surface area contributed by atoms with E-state index < -0.39 is 0 Å². The fraction of sp³-hybridized carbons (Fsp3) is 0.333. The van der Waals surface area contributed by atoms with E-state index in [-0.39, 0.29) is 12.1 Å². The molecule has 1 aliphatic heterocycles. The SMILES string of the molecule is O=C(Nc1ccccc1Cl)N[C@H](c1cccnc1)C1CCOCC1. The van der Waals surface area contributed by atoms with Crippen molar-refractivity contribution >= 4 is 23.3 Å². The number of hydrogen-bond acceptors (Lipinski definition) is 3. The molecule has 1 aliphatic rings. The molecule has 0 spiro atoms. The molecule has 126 valence electrons. The van der Waals surface area contributed by atoms with E-state index in [4.69, 9.17) is 16.3 Å². The Hall–Kier alpha value is -2.11. The number of nitrogens with zero attached hydrogens (tertiary/aromatic N) is 1. The first-order valence-electron chi connectivity index (χ1n) is 8.04. The van der Waals surface area contributed by atoms with Gasteiger partial charge in [-0.1, -0.05) is 29.8 Å². The van der Waals surface area contributed by atoms with Crippen LogP contribution in [0.4, 0.5) is 10.5 Å². The molecule has 1 atom stereocenters. The van der Waals surface area contributed by atoms with Crippen molar-refractivity contribution < 1.29 is 9.53 Å². The number of benzene rings is 1. The smallest absolute Gasteiger partial charge is 0.319 e. The van der Waals surface area contributed by atoms with Gasteiger partial charge in [-0.05, 0) is 42.5 Å². The Balaban J connectivity index is 1.73. The molecule has 0 unspecified atom stereocenters. The van der Waals surface area contributed by atoms with Crippen LogP contribution in [0.15, 0.2) is 48.8 Å². The monoisotopic (exact) mass is 345 g/mol. The second kappa shape index (κ2) is 8.13. The van der Waals surface area contributed by atoms with Crippen LogP contribution >= 0.6 is 11.6 Å². The van der Waals surface area contributed by atoms with Crippen LogP contribution in [0, 0.1) is 5.92 Å². The Kier molecular flexibility index (Phi) is 5.67. The quantitative estimate of drug-likeness (QED) is 0.879. The number of carbonyl (C=O) groups excluding carboxylic acids is 1. The molecule has 0 radical (unpaired) electrons. The van der Waals surface area contributed by atoms with Crippen LogP contribution in [-0.4, -0.2) is 24.2 Å². The lowest BCUT2D eigenvalue weighted by molar-refractivity contribution is 0.0550. The first kappa shape index (κ1) is 16.7. The number of rotatable bonds is 4. The molecule has 0 bridgehead atoms. The summed E-state index contributed by atoms with van der Waals surface area (Å²) in [7, 11) is 0. The third-order valence-electron chi connectivity index (χ3n) is 4.19. The topological polar surface area (TPSA) is 63.2 Å². The van der Waals surface area contributed by atoms with E-state index in [1.54, 1.807) is 24.5 Å². The molecule has 1 aromatic heterocycles. The number of amides is 2. The second-order valence-electron chi connectivity index (χ2n) is 5.79. The van der Waals surface area contributed by atoms with Crippen molar-refractivity contribution in [2.24, 2.45) is 5.92 Å². The molecular formula is C18H20ClN3O2. The number of para-hydroxylation sites is 1. The fourth-order valence-electron chi connectivity index (χ4n) is 2.94. The summed E-state index contributed by atoms with van der Waals surface area (Å²) in [6.07, 6.45) is 5.35. The van der Waals surface area contributed by atoms with E-state index >= 15 is 0 Å². The van der Waals surface area contributed by atoms with E-state index in [0.717, 1.165) is 31.6 Å². The highest BCUT2D eigenvalue weighted by atomic mass is 35.5. The van der Waals surface area contributed by atoms with Gasteiger partial charge >= 0.3 is 6.03 Å². The van der Waals surface area contributed by atoms with Gasteiger partial charge in [-0.15, -0.1) is 0 Å². The summed E-state index contributed by atoms with van der Waals surface area (Å²) in [4.78, 5) is 16.6. The summed E-state index contributed by atoms with van der Waals surface area (Å²) >= 11 is 6.10. The minimum absolute atomic E-state index is 0.106. The average molecular weight is 346 g/mol. The molecule has 5 nitrogen and oxygen atoms in total. The van der Waals surface area contributed by atoms with Crippen molar-refractivity contribution in [3.63, 3.8) is 0 Å². The zero-order valence-electron chi connectivity index (χ0n) is 13.2. The van der Waals surface area contributed by atoms with Crippen molar-refractivity contribution in [2.75, 3.05) is 18.5 Å². The predicted molar refractivity (Wildman–Crippen MR) is 94.1 cm³/mol. The Bertz CT molecular complexity index is 675. The van der Waals surface area contributed by atoms with E-state index in [9.17, 15) is 4.79 Å². The standard InChI is InChI=1S/C18H20ClN3O2/c19-15-5-1-2-6-16(15)21-18(23)22-17(13-7-10-24-11-8-13)14-4-3-9-20-12-14/h1-6,9,12-13,17H,7-8,10-11H2,(H2,21,22,23)/t17-/m0/s1. The lowest BCUT2D eigenvalue weighted by atomic mass is 9.88. The maximum atomic E-state index is 12.5. The van der Waals surface area contributed by atoms with Gasteiger partial charge in [-0.3, -0.25) is 4.98 Å². The fourth-order valence-corrected chi connectivity index (χ4v) is 3.13. The van der Waals surface area contributed by atoms with E-state index in [2.05, 4.69) is 15.6 Å². The van der Waals surface area contributed by atoms with Gasteiger partial charge < -0.3 is 15.4 Å². The van der Waals surface area contributed by atoms with Gasteiger partial charge in [0.15, 0.2) is 0 Å². The summed E-state index contributed by atoms with van der Waals surface area (Å²) in [5, 5.41) is 6.40. The first-order valence-corrected chi connectivity index (χ1v) is 8.41. The van der Waals surface area contributed by atoms with Crippen molar-refractivity contribution in [1.82, 2.24) is 10.3 Å². The highest BCUT2D eigenvalue weighted by Gasteiger charge is 2.27. The summed E-state index contributed by atoms with van der Waals surface area (Å²) < 4.78 is 5.44. The van der Waals surface area contributed by atoms with Crippen LogP contribution in [0.3, 0.4) is 0 Å². The van der Waals surface area contributed by atoms with Crippen LogP contribution in [0.2, 0.25) is 5.02 Å². The van der Waals surface area contributed by atoms with Gasteiger partial charge in [0.2, 0.25) is 0 Å². The van der Waals surface area contributed by atoms with Crippen molar-refractivity contribution in [3.05, 3.63) is 59.4 Å². The number of carbonyl (C=O) groups is 1. The molecule has 0 saturated carbocycles. The number of aromatic nitrogens is 1. The molecule has 3 rings (SSSR count). The molecule has 2 amide bonds. The van der Waals surface area contributed by atoms with Crippen LogP contribution in [0.25, 0.3) is 0 Å². The Labute approximate surface area is 146 Å². The third-order valence-corrected chi connectivity index (χ3v) is 4.52. The maximum Gasteiger partial charge on any atom is 0.319 e. The van der Waals surface area contributed by atoms with E-state index in [1.807, 2.05) is 24.3 Å². The van der Waals surface area contributed by atoms with Gasteiger partial charge in [0.25, 0.3) is 0 Å². The molecule has 2 heterocycles. The highest BCUT2D eigenvalue weighted by Crippen LogP contribution is 2.30. The number of nitrogens with one attached hydrogen (secondary N) is 2. The Morgan fingerprint density at radius 2 is 2.00 bits per heavy atom. The summed E-state index contributed by atoms with van der Waals surface area (Å²) in [5.74, 6) is 0.319. The molecule has 1 saturated heterocycles. The molecular weight excluding hydrogens is 326 g/mol. The van der Waals surface area contributed by atoms with E-state index in [0.29, 0.717) is 16.6 Å². The summed E-state index contributed by atoms with van der Waals surface area (Å²) in [6.45, 7) is 1.44. The lowest BCUT2D eigenvalue weighted by Gasteiger charge is -2.31. The number of ether oxygens (including phenoxy) is 1. The first-order chi connectivity index (χ1) is 11.7. The van der Waals surface area contributed by atoms with Crippen molar-refractivity contribution in [2.45, 2.75) is 18.9 Å². The lowest BCUT2D eigenvalue weighted by Crippen LogP contribution is -2.38. The minimum Gasteiger partial charge on any atom is -0.381 e. The van der Waals surface area contributed by atoms with E-state index in [1.165, 1.54) is 0 Å². The third kappa shape index (κ3) is 4.24. The van der Waals surface area contributed by atoms with Gasteiger partial charge in [0, 0.05) is 25.6 Å². The zero-order valence-corrected chi connectivity index (χ0v) is 14.0. The normalized spacial score (nSPS) is 16.4.